The fourth-order valence-corrected chi connectivity index (χ4v) is 3.24. The van der Waals surface area contributed by atoms with Gasteiger partial charge in [0.15, 0.2) is 0 Å². The van der Waals surface area contributed by atoms with Crippen LogP contribution in [0, 0.1) is 0 Å². The highest BCUT2D eigenvalue weighted by Crippen LogP contribution is 2.26. The number of esters is 2. The number of ether oxygens (including phenoxy) is 3. The molecule has 0 aliphatic carbocycles. The lowest BCUT2D eigenvalue weighted by atomic mass is 10.2. The first-order valence-corrected chi connectivity index (χ1v) is 10.3. The normalized spacial score (nSPS) is 10.3. The van der Waals surface area contributed by atoms with E-state index in [1.165, 1.54) is 6.07 Å². The summed E-state index contributed by atoms with van der Waals surface area (Å²) in [5.41, 5.74) is 1.77. The lowest BCUT2D eigenvalue weighted by Crippen LogP contribution is -2.11. The molecular weight excluding hydrogens is 448 g/mol. The third-order valence-electron chi connectivity index (χ3n) is 4.21. The summed E-state index contributed by atoms with van der Waals surface area (Å²) in [7, 11) is 0. The molecule has 3 rings (SSSR count). The second-order valence-electron chi connectivity index (χ2n) is 6.37. The van der Waals surface area contributed by atoms with Crippen LogP contribution < -0.4 is 9.47 Å². The van der Waals surface area contributed by atoms with E-state index in [1.54, 1.807) is 36.4 Å². The molecule has 0 aliphatic rings. The lowest BCUT2D eigenvalue weighted by Gasteiger charge is -2.09. The molecule has 154 valence electrons. The van der Waals surface area contributed by atoms with Crippen LogP contribution in [0.2, 0.25) is 0 Å². The molecule has 0 unspecified atom stereocenters. The highest BCUT2D eigenvalue weighted by Gasteiger charge is 2.14. The summed E-state index contributed by atoms with van der Waals surface area (Å²) in [6, 6.07) is 21.1. The van der Waals surface area contributed by atoms with Gasteiger partial charge in [-0.15, -0.1) is 0 Å². The van der Waals surface area contributed by atoms with Gasteiger partial charge in [-0.1, -0.05) is 36.4 Å². The van der Waals surface area contributed by atoms with Gasteiger partial charge in [-0.25, -0.2) is 9.59 Å². The van der Waals surface area contributed by atoms with Gasteiger partial charge in [0.25, 0.3) is 0 Å². The predicted molar refractivity (Wildman–Crippen MR) is 117 cm³/mol. The van der Waals surface area contributed by atoms with Crippen molar-refractivity contribution >= 4 is 27.9 Å². The number of rotatable bonds is 8. The summed E-state index contributed by atoms with van der Waals surface area (Å²) in [5, 5.41) is 0. The monoisotopic (exact) mass is 468 g/mol. The number of carbonyl (C=O) groups is 2. The van der Waals surface area contributed by atoms with Gasteiger partial charge in [0.2, 0.25) is 0 Å². The van der Waals surface area contributed by atoms with E-state index < -0.39 is 11.9 Å². The minimum absolute atomic E-state index is 0.266. The van der Waals surface area contributed by atoms with E-state index in [9.17, 15) is 9.59 Å². The summed E-state index contributed by atoms with van der Waals surface area (Å²) >= 11 is 3.38. The van der Waals surface area contributed by atoms with E-state index in [0.717, 1.165) is 5.56 Å². The first-order chi connectivity index (χ1) is 14.6. The van der Waals surface area contributed by atoms with Crippen molar-refractivity contribution in [3.05, 3.63) is 94.0 Å². The van der Waals surface area contributed by atoms with Crippen molar-refractivity contribution in [3.8, 4) is 11.5 Å². The standard InChI is InChI=1S/C24H21BrO5/c1-2-28-22-12-11-19(16-21(22)25)24(27)30-20-10-6-9-18(15-20)23(26)29-14-13-17-7-4-3-5-8-17/h3-12,15-16H,2,13-14H2,1H3. The van der Waals surface area contributed by atoms with E-state index in [0.29, 0.717) is 34.4 Å². The lowest BCUT2D eigenvalue weighted by molar-refractivity contribution is 0.0507. The molecule has 6 heteroatoms. The summed E-state index contributed by atoms with van der Waals surface area (Å²) in [6.45, 7) is 2.68. The van der Waals surface area contributed by atoms with Crippen molar-refractivity contribution in [1.29, 1.82) is 0 Å². The van der Waals surface area contributed by atoms with E-state index >= 15 is 0 Å². The van der Waals surface area contributed by atoms with Crippen molar-refractivity contribution in [1.82, 2.24) is 0 Å². The van der Waals surface area contributed by atoms with Crippen LogP contribution in [0.15, 0.2) is 77.3 Å². The molecule has 0 fully saturated rings. The van der Waals surface area contributed by atoms with Gasteiger partial charge in [0, 0.05) is 6.42 Å². The Kier molecular flexibility index (Phi) is 7.63. The van der Waals surface area contributed by atoms with Crippen molar-refractivity contribution < 1.29 is 23.8 Å². The Bertz CT molecular complexity index is 1020. The van der Waals surface area contributed by atoms with E-state index in [4.69, 9.17) is 14.2 Å². The van der Waals surface area contributed by atoms with Crippen LogP contribution in [0.3, 0.4) is 0 Å². The van der Waals surface area contributed by atoms with Crippen LogP contribution in [0.4, 0.5) is 0 Å². The van der Waals surface area contributed by atoms with Crippen molar-refractivity contribution in [2.24, 2.45) is 0 Å². The average molecular weight is 469 g/mol. The summed E-state index contributed by atoms with van der Waals surface area (Å²) < 4.78 is 16.8. The summed E-state index contributed by atoms with van der Waals surface area (Å²) in [5.74, 6) is -0.0854. The van der Waals surface area contributed by atoms with Crippen LogP contribution in [-0.2, 0) is 11.2 Å². The molecule has 3 aromatic carbocycles. The van der Waals surface area contributed by atoms with Gasteiger partial charge in [0.1, 0.15) is 11.5 Å². The SMILES string of the molecule is CCOc1ccc(C(=O)Oc2cccc(C(=O)OCCc3ccccc3)c2)cc1Br. The van der Waals surface area contributed by atoms with Gasteiger partial charge in [0.05, 0.1) is 28.8 Å². The molecule has 0 heterocycles. The number of hydrogen-bond acceptors (Lipinski definition) is 5. The van der Waals surface area contributed by atoms with Crippen LogP contribution in [0.1, 0.15) is 33.2 Å². The zero-order valence-corrected chi connectivity index (χ0v) is 18.1. The molecule has 0 N–H and O–H groups in total. The van der Waals surface area contributed by atoms with E-state index in [2.05, 4.69) is 15.9 Å². The van der Waals surface area contributed by atoms with Gasteiger partial charge in [-0.2, -0.15) is 0 Å². The van der Waals surface area contributed by atoms with Crippen LogP contribution in [-0.4, -0.2) is 25.2 Å². The Morgan fingerprint density at radius 2 is 1.63 bits per heavy atom. The van der Waals surface area contributed by atoms with Gasteiger partial charge in [-0.05, 0) is 64.8 Å². The Balaban J connectivity index is 1.60. The third-order valence-corrected chi connectivity index (χ3v) is 4.83. The molecular formula is C24H21BrO5. The van der Waals surface area contributed by atoms with Gasteiger partial charge < -0.3 is 14.2 Å². The Morgan fingerprint density at radius 3 is 2.37 bits per heavy atom. The van der Waals surface area contributed by atoms with Crippen LogP contribution in [0.5, 0.6) is 11.5 Å². The first-order valence-electron chi connectivity index (χ1n) is 9.52. The molecule has 0 saturated heterocycles. The van der Waals surface area contributed by atoms with Crippen molar-refractivity contribution in [2.75, 3.05) is 13.2 Å². The largest absolute Gasteiger partial charge is 0.493 e. The van der Waals surface area contributed by atoms with Gasteiger partial charge in [-0.3, -0.25) is 0 Å². The Labute approximate surface area is 183 Å². The van der Waals surface area contributed by atoms with Gasteiger partial charge >= 0.3 is 11.9 Å². The highest BCUT2D eigenvalue weighted by atomic mass is 79.9. The third kappa shape index (κ3) is 5.94. The quantitative estimate of drug-likeness (QED) is 0.324. The molecule has 0 aliphatic heterocycles. The molecule has 0 spiro atoms. The number of carbonyl (C=O) groups excluding carboxylic acids is 2. The molecule has 0 atom stereocenters. The number of halogens is 1. The Hall–Kier alpha value is -3.12. The van der Waals surface area contributed by atoms with E-state index in [1.807, 2.05) is 37.3 Å². The fraction of sp³-hybridized carbons (Fsp3) is 0.167. The fourth-order valence-electron chi connectivity index (χ4n) is 2.74. The molecule has 3 aromatic rings. The molecule has 0 radical (unpaired) electrons. The second-order valence-corrected chi connectivity index (χ2v) is 7.22. The first kappa shape index (κ1) is 21.6. The average Bonchev–Trinajstić information content (AvgIpc) is 2.76. The summed E-state index contributed by atoms with van der Waals surface area (Å²) in [6.07, 6.45) is 0.633. The van der Waals surface area contributed by atoms with Crippen LogP contribution in [0.25, 0.3) is 0 Å². The smallest absolute Gasteiger partial charge is 0.343 e. The van der Waals surface area contributed by atoms with Crippen molar-refractivity contribution in [3.63, 3.8) is 0 Å². The minimum Gasteiger partial charge on any atom is -0.493 e. The predicted octanol–water partition coefficient (Wildman–Crippen LogP) is 5.47. The maximum absolute atomic E-state index is 12.4. The van der Waals surface area contributed by atoms with Crippen molar-refractivity contribution in [2.45, 2.75) is 13.3 Å². The Morgan fingerprint density at radius 1 is 0.867 bits per heavy atom. The highest BCUT2D eigenvalue weighted by molar-refractivity contribution is 9.10. The molecule has 30 heavy (non-hydrogen) atoms. The molecule has 0 bridgehead atoms. The maximum atomic E-state index is 12.4. The molecule has 5 nitrogen and oxygen atoms in total. The molecule has 0 amide bonds. The van der Waals surface area contributed by atoms with E-state index in [-0.39, 0.29) is 12.4 Å². The van der Waals surface area contributed by atoms with Crippen LogP contribution >= 0.6 is 15.9 Å². The maximum Gasteiger partial charge on any atom is 0.343 e. The number of hydrogen-bond donors (Lipinski definition) is 0. The summed E-state index contributed by atoms with van der Waals surface area (Å²) in [4.78, 5) is 24.7. The molecule has 0 saturated carbocycles. The topological polar surface area (TPSA) is 61.8 Å². The minimum atomic E-state index is -0.534. The zero-order chi connectivity index (χ0) is 21.3. The number of benzene rings is 3. The molecule has 0 aromatic heterocycles. The second kappa shape index (κ2) is 10.6. The zero-order valence-electron chi connectivity index (χ0n) is 16.5.